The van der Waals surface area contributed by atoms with Crippen LogP contribution in [0.25, 0.3) is 77.3 Å². The van der Waals surface area contributed by atoms with Crippen molar-refractivity contribution in [3.63, 3.8) is 0 Å². The lowest BCUT2D eigenvalue weighted by molar-refractivity contribution is 0.802. The highest BCUT2D eigenvalue weighted by Crippen LogP contribution is 2.64. The average Bonchev–Trinajstić information content (AvgIpc) is 3.63. The molecular weight excluding hydrogens is 593 g/mol. The second-order valence-electron chi connectivity index (χ2n) is 13.3. The lowest BCUT2D eigenvalue weighted by atomic mass is 9.69. The summed E-state index contributed by atoms with van der Waals surface area (Å²) >= 11 is 0. The van der Waals surface area contributed by atoms with Crippen LogP contribution in [-0.4, -0.2) is 9.97 Å². The smallest absolute Gasteiger partial charge is 0.160 e. The molecule has 1 spiro atoms. The molecule has 2 aliphatic carbocycles. The van der Waals surface area contributed by atoms with Crippen molar-refractivity contribution in [3.8, 4) is 44.9 Å². The standard InChI is InChI=1S/C47H28N2/c1-2-12-29(13-3-1)45-38-18-8-11-21-43(38)48-46(49-45)33-23-24-34-32(26-33)22-25-37-39-27-30-14-4-5-15-31(30)28-42(39)47(44(34)37)40-19-9-6-16-35(40)36-17-7-10-20-41(36)47/h1-28H. The Morgan fingerprint density at radius 1 is 0.367 bits per heavy atom. The first kappa shape index (κ1) is 26.7. The molecule has 1 aromatic heterocycles. The van der Waals surface area contributed by atoms with E-state index in [0.29, 0.717) is 0 Å². The van der Waals surface area contributed by atoms with Gasteiger partial charge in [-0.1, -0.05) is 146 Å². The molecule has 9 aromatic rings. The van der Waals surface area contributed by atoms with Crippen molar-refractivity contribution in [2.75, 3.05) is 0 Å². The van der Waals surface area contributed by atoms with E-state index in [-0.39, 0.29) is 0 Å². The van der Waals surface area contributed by atoms with Gasteiger partial charge in [0.25, 0.3) is 0 Å². The number of rotatable bonds is 2. The molecule has 0 bridgehead atoms. The van der Waals surface area contributed by atoms with Crippen LogP contribution >= 0.6 is 0 Å². The van der Waals surface area contributed by atoms with E-state index in [1.807, 2.05) is 6.07 Å². The maximum Gasteiger partial charge on any atom is 0.160 e. The highest BCUT2D eigenvalue weighted by Gasteiger charge is 2.52. The molecule has 0 amide bonds. The molecule has 2 aliphatic rings. The van der Waals surface area contributed by atoms with Gasteiger partial charge in [0.1, 0.15) is 0 Å². The van der Waals surface area contributed by atoms with Gasteiger partial charge in [-0.2, -0.15) is 0 Å². The van der Waals surface area contributed by atoms with Gasteiger partial charge in [0.15, 0.2) is 5.82 Å². The summed E-state index contributed by atoms with van der Waals surface area (Å²) in [7, 11) is 0. The Hall–Kier alpha value is -6.38. The second kappa shape index (κ2) is 9.82. The van der Waals surface area contributed by atoms with Gasteiger partial charge in [-0.25, -0.2) is 9.97 Å². The number of benzene rings is 8. The van der Waals surface area contributed by atoms with Crippen LogP contribution in [0.1, 0.15) is 22.3 Å². The van der Waals surface area contributed by atoms with Crippen LogP contribution in [-0.2, 0) is 5.41 Å². The van der Waals surface area contributed by atoms with E-state index < -0.39 is 5.41 Å². The maximum atomic E-state index is 5.20. The van der Waals surface area contributed by atoms with Gasteiger partial charge in [-0.05, 0) is 90.3 Å². The molecule has 11 rings (SSSR count). The Morgan fingerprint density at radius 2 is 1.04 bits per heavy atom. The summed E-state index contributed by atoms with van der Waals surface area (Å²) in [5.41, 5.74) is 14.3. The molecule has 0 N–H and O–H groups in total. The summed E-state index contributed by atoms with van der Waals surface area (Å²) in [5.74, 6) is 0.737. The molecule has 8 aromatic carbocycles. The van der Waals surface area contributed by atoms with Gasteiger partial charge < -0.3 is 0 Å². The number of hydrogen-bond donors (Lipinski definition) is 0. The minimum atomic E-state index is -0.428. The normalized spacial score (nSPS) is 13.5. The Bertz CT molecular complexity index is 2790. The van der Waals surface area contributed by atoms with Crippen LogP contribution in [0.4, 0.5) is 0 Å². The highest BCUT2D eigenvalue weighted by atomic mass is 14.9. The van der Waals surface area contributed by atoms with Crippen molar-refractivity contribution in [2.24, 2.45) is 0 Å². The van der Waals surface area contributed by atoms with E-state index in [2.05, 4.69) is 164 Å². The Labute approximate surface area is 284 Å². The Balaban J connectivity index is 1.21. The number of aromatic nitrogens is 2. The number of hydrogen-bond acceptors (Lipinski definition) is 2. The minimum Gasteiger partial charge on any atom is -0.228 e. The summed E-state index contributed by atoms with van der Waals surface area (Å²) in [6.07, 6.45) is 0. The molecular formula is C47H28N2. The fourth-order valence-corrected chi connectivity index (χ4v) is 8.82. The number of para-hydroxylation sites is 1. The Kier molecular flexibility index (Phi) is 5.34. The van der Waals surface area contributed by atoms with Crippen molar-refractivity contribution in [1.82, 2.24) is 9.97 Å². The molecule has 0 unspecified atom stereocenters. The third-order valence-corrected chi connectivity index (χ3v) is 10.8. The van der Waals surface area contributed by atoms with E-state index in [0.717, 1.165) is 33.5 Å². The van der Waals surface area contributed by atoms with E-state index >= 15 is 0 Å². The van der Waals surface area contributed by atoms with Crippen LogP contribution in [0.3, 0.4) is 0 Å². The number of fused-ring (bicyclic) bond motifs is 14. The summed E-state index contributed by atoms with van der Waals surface area (Å²) in [5, 5.41) is 6.04. The fraction of sp³-hybridized carbons (Fsp3) is 0.0213. The van der Waals surface area contributed by atoms with Crippen molar-refractivity contribution in [1.29, 1.82) is 0 Å². The second-order valence-corrected chi connectivity index (χ2v) is 13.3. The molecule has 226 valence electrons. The first-order valence-corrected chi connectivity index (χ1v) is 16.9. The van der Waals surface area contributed by atoms with Crippen molar-refractivity contribution in [2.45, 2.75) is 5.41 Å². The minimum absolute atomic E-state index is 0.428. The van der Waals surface area contributed by atoms with Gasteiger partial charge in [0, 0.05) is 16.5 Å². The van der Waals surface area contributed by atoms with Gasteiger partial charge >= 0.3 is 0 Å². The van der Waals surface area contributed by atoms with Gasteiger partial charge in [-0.3, -0.25) is 0 Å². The van der Waals surface area contributed by atoms with Gasteiger partial charge in [-0.15, -0.1) is 0 Å². The van der Waals surface area contributed by atoms with Crippen LogP contribution in [0.5, 0.6) is 0 Å². The summed E-state index contributed by atoms with van der Waals surface area (Å²) < 4.78 is 0. The Morgan fingerprint density at radius 3 is 1.84 bits per heavy atom. The largest absolute Gasteiger partial charge is 0.228 e. The van der Waals surface area contributed by atoms with Crippen molar-refractivity contribution >= 4 is 32.4 Å². The van der Waals surface area contributed by atoms with Gasteiger partial charge in [0.05, 0.1) is 16.6 Å². The monoisotopic (exact) mass is 620 g/mol. The van der Waals surface area contributed by atoms with E-state index in [9.17, 15) is 0 Å². The zero-order valence-corrected chi connectivity index (χ0v) is 26.6. The molecule has 0 radical (unpaired) electrons. The molecule has 49 heavy (non-hydrogen) atoms. The summed E-state index contributed by atoms with van der Waals surface area (Å²) in [6.45, 7) is 0. The van der Waals surface area contributed by atoms with Gasteiger partial charge in [0.2, 0.25) is 0 Å². The van der Waals surface area contributed by atoms with Crippen LogP contribution in [0, 0.1) is 0 Å². The lowest BCUT2D eigenvalue weighted by Gasteiger charge is -2.31. The summed E-state index contributed by atoms with van der Waals surface area (Å²) in [4.78, 5) is 10.3. The van der Waals surface area contributed by atoms with Crippen molar-refractivity contribution in [3.05, 3.63) is 192 Å². The first-order valence-electron chi connectivity index (χ1n) is 16.9. The zero-order valence-electron chi connectivity index (χ0n) is 26.6. The predicted molar refractivity (Wildman–Crippen MR) is 202 cm³/mol. The average molecular weight is 621 g/mol. The lowest BCUT2D eigenvalue weighted by Crippen LogP contribution is -2.26. The quantitative estimate of drug-likeness (QED) is 0.192. The molecule has 0 fully saturated rings. The third kappa shape index (κ3) is 3.55. The molecule has 0 aliphatic heterocycles. The SMILES string of the molecule is c1ccc(-c2nc(-c3ccc4c5c(ccc4c3)-c3cc4ccccc4cc3C53c4ccccc4-c4ccccc43)nc3ccccc23)cc1. The van der Waals surface area contributed by atoms with E-state index in [4.69, 9.17) is 9.97 Å². The third-order valence-electron chi connectivity index (χ3n) is 10.8. The maximum absolute atomic E-state index is 5.20. The number of nitrogens with zero attached hydrogens (tertiary/aromatic N) is 2. The highest BCUT2D eigenvalue weighted by molar-refractivity contribution is 6.07. The van der Waals surface area contributed by atoms with Crippen LogP contribution < -0.4 is 0 Å². The van der Waals surface area contributed by atoms with Crippen LogP contribution in [0.2, 0.25) is 0 Å². The fourth-order valence-electron chi connectivity index (χ4n) is 8.82. The van der Waals surface area contributed by atoms with E-state index in [1.54, 1.807) is 0 Å². The molecule has 0 saturated carbocycles. The molecule has 0 atom stereocenters. The first-order chi connectivity index (χ1) is 24.3. The van der Waals surface area contributed by atoms with E-state index in [1.165, 1.54) is 66.1 Å². The molecule has 2 nitrogen and oxygen atoms in total. The zero-order chi connectivity index (χ0) is 32.1. The summed E-state index contributed by atoms with van der Waals surface area (Å²) in [6, 6.07) is 61.9. The predicted octanol–water partition coefficient (Wildman–Crippen LogP) is 11.6. The van der Waals surface area contributed by atoms with Crippen LogP contribution in [0.15, 0.2) is 170 Å². The molecule has 2 heteroatoms. The van der Waals surface area contributed by atoms with Crippen molar-refractivity contribution < 1.29 is 0 Å². The molecule has 1 heterocycles. The molecule has 0 saturated heterocycles. The topological polar surface area (TPSA) is 25.8 Å².